The van der Waals surface area contributed by atoms with E-state index >= 15 is 0 Å². The van der Waals surface area contributed by atoms with E-state index in [1.54, 1.807) is 0 Å². The topological polar surface area (TPSA) is 6.48 Å². The van der Waals surface area contributed by atoms with Crippen molar-refractivity contribution in [1.82, 2.24) is 0 Å². The highest BCUT2D eigenvalue weighted by Gasteiger charge is 2.23. The molecule has 10 aromatic carbocycles. The van der Waals surface area contributed by atoms with Gasteiger partial charge in [-0.2, -0.15) is 0 Å². The van der Waals surface area contributed by atoms with Crippen LogP contribution in [0.15, 0.2) is 206 Å². The number of benzene rings is 10. The van der Waals surface area contributed by atoms with Gasteiger partial charge in [0.05, 0.1) is 11.4 Å². The lowest BCUT2D eigenvalue weighted by molar-refractivity contribution is 1.19. The average Bonchev–Trinajstić information content (AvgIpc) is 3.32. The van der Waals surface area contributed by atoms with Crippen LogP contribution in [0.25, 0.3) is 54.9 Å². The number of aryl methyl sites for hydroxylation is 6. The Morgan fingerprint density at radius 1 is 0.266 bits per heavy atom. The maximum atomic E-state index is 2.45. The van der Waals surface area contributed by atoms with Gasteiger partial charge in [-0.3, -0.25) is 0 Å². The van der Waals surface area contributed by atoms with Crippen LogP contribution in [0.1, 0.15) is 33.4 Å². The van der Waals surface area contributed by atoms with Crippen molar-refractivity contribution >= 4 is 55.7 Å². The molecule has 0 aliphatic carbocycles. The van der Waals surface area contributed by atoms with Crippen molar-refractivity contribution in [2.24, 2.45) is 0 Å². The largest absolute Gasteiger partial charge is 0.310 e. The van der Waals surface area contributed by atoms with Crippen LogP contribution in [0.3, 0.4) is 0 Å². The van der Waals surface area contributed by atoms with E-state index in [0.29, 0.717) is 0 Å². The highest BCUT2D eigenvalue weighted by atomic mass is 15.2. The molecule has 0 aliphatic heterocycles. The van der Waals surface area contributed by atoms with Crippen LogP contribution in [-0.4, -0.2) is 0 Å². The summed E-state index contributed by atoms with van der Waals surface area (Å²) in [6.45, 7) is 13.5. The number of rotatable bonds is 9. The normalized spacial score (nSPS) is 11.3. The third kappa shape index (κ3) is 7.41. The van der Waals surface area contributed by atoms with Crippen LogP contribution in [0.2, 0.25) is 0 Å². The quantitative estimate of drug-likeness (QED) is 0.143. The summed E-state index contributed by atoms with van der Waals surface area (Å²) in [5, 5.41) is 5.04. The second-order valence-electron chi connectivity index (χ2n) is 17.3. The van der Waals surface area contributed by atoms with Gasteiger partial charge < -0.3 is 9.80 Å². The Labute approximate surface area is 378 Å². The molecular weight excluding hydrogens is 773 g/mol. The monoisotopic (exact) mass is 824 g/mol. The Bertz CT molecular complexity index is 3060. The third-order valence-corrected chi connectivity index (χ3v) is 12.9. The van der Waals surface area contributed by atoms with Gasteiger partial charge in [-0.15, -0.1) is 0 Å². The third-order valence-electron chi connectivity index (χ3n) is 12.9. The summed E-state index contributed by atoms with van der Waals surface area (Å²) >= 11 is 0. The van der Waals surface area contributed by atoms with Crippen LogP contribution >= 0.6 is 0 Å². The van der Waals surface area contributed by atoms with Crippen LogP contribution in [0.5, 0.6) is 0 Å². The number of anilines is 6. The smallest absolute Gasteiger partial charge is 0.0520 e. The lowest BCUT2D eigenvalue weighted by atomic mass is 9.93. The van der Waals surface area contributed by atoms with Gasteiger partial charge in [-0.25, -0.2) is 0 Å². The SMILES string of the molecule is Cc1ccccc1N(c1ccc(-c2cccc3ccccc23)cc1)c1c(C)cc(-c2cc(C)c(N(c3ccc(-c4cccc5ccccc45)cc3)c3ccccc3C)c(C)c2)cc1C. The predicted molar refractivity (Wildman–Crippen MR) is 276 cm³/mol. The van der Waals surface area contributed by atoms with Crippen LogP contribution in [0.4, 0.5) is 34.1 Å². The van der Waals surface area contributed by atoms with Crippen molar-refractivity contribution < 1.29 is 0 Å². The Morgan fingerprint density at radius 3 is 0.969 bits per heavy atom. The molecule has 0 atom stereocenters. The highest BCUT2D eigenvalue weighted by molar-refractivity contribution is 5.98. The summed E-state index contributed by atoms with van der Waals surface area (Å²) < 4.78 is 0. The first-order valence-corrected chi connectivity index (χ1v) is 22.3. The van der Waals surface area contributed by atoms with Crippen LogP contribution in [-0.2, 0) is 0 Å². The lowest BCUT2D eigenvalue weighted by Crippen LogP contribution is -2.14. The van der Waals surface area contributed by atoms with Crippen LogP contribution < -0.4 is 9.80 Å². The molecule has 0 saturated heterocycles. The van der Waals surface area contributed by atoms with E-state index in [1.807, 2.05) is 0 Å². The van der Waals surface area contributed by atoms with Crippen LogP contribution in [0, 0.1) is 41.5 Å². The van der Waals surface area contributed by atoms with Crippen molar-refractivity contribution in [3.8, 4) is 33.4 Å². The Kier molecular flexibility index (Phi) is 10.7. The minimum Gasteiger partial charge on any atom is -0.310 e. The molecule has 310 valence electrons. The molecule has 2 nitrogen and oxygen atoms in total. The molecule has 0 aliphatic rings. The van der Waals surface area contributed by atoms with Gasteiger partial charge in [0, 0.05) is 22.7 Å². The van der Waals surface area contributed by atoms with E-state index in [9.17, 15) is 0 Å². The van der Waals surface area contributed by atoms with E-state index in [4.69, 9.17) is 0 Å². The standard InChI is InChI=1S/C62H52N2/c1-41-17-7-13-27-59(41)63(53-33-29-49(30-34-53)57-25-15-21-47-19-9-11-23-55(47)57)61-43(3)37-51(38-44(61)4)52-39-45(5)62(46(6)40-52)64(60-28-14-8-18-42(60)2)54-35-31-50(32-36-54)58-26-16-22-48-20-10-12-24-56(48)58/h7-40H,1-6H3. The fourth-order valence-corrected chi connectivity index (χ4v) is 9.89. The molecule has 0 bridgehead atoms. The molecule has 0 spiro atoms. The Hall–Kier alpha value is -7.68. The van der Waals surface area contributed by atoms with Gasteiger partial charge in [-0.1, -0.05) is 146 Å². The Morgan fingerprint density at radius 2 is 0.594 bits per heavy atom. The summed E-state index contributed by atoms with van der Waals surface area (Å²) in [7, 11) is 0. The molecule has 0 radical (unpaired) electrons. The van der Waals surface area contributed by atoms with Crippen molar-refractivity contribution in [3.05, 3.63) is 240 Å². The maximum absolute atomic E-state index is 2.45. The Balaban J connectivity index is 1.03. The molecule has 64 heavy (non-hydrogen) atoms. The van der Waals surface area contributed by atoms with Gasteiger partial charge in [0.1, 0.15) is 0 Å². The molecular formula is C62H52N2. The molecule has 0 fully saturated rings. The first-order chi connectivity index (χ1) is 31.2. The summed E-state index contributed by atoms with van der Waals surface area (Å²) in [6.07, 6.45) is 0. The average molecular weight is 825 g/mol. The lowest BCUT2D eigenvalue weighted by Gasteiger charge is -2.31. The molecule has 0 amide bonds. The zero-order chi connectivity index (χ0) is 43.9. The molecule has 0 saturated carbocycles. The molecule has 10 aromatic rings. The minimum absolute atomic E-state index is 1.13. The number of hydrogen-bond acceptors (Lipinski definition) is 2. The van der Waals surface area contributed by atoms with E-state index in [1.165, 1.54) is 111 Å². The fraction of sp³-hybridized carbons (Fsp3) is 0.0968. The molecule has 10 rings (SSSR count). The van der Waals surface area contributed by atoms with Crippen molar-refractivity contribution in [2.45, 2.75) is 41.5 Å². The van der Waals surface area contributed by atoms with E-state index in [0.717, 1.165) is 11.4 Å². The first-order valence-electron chi connectivity index (χ1n) is 22.3. The number of fused-ring (bicyclic) bond motifs is 2. The summed E-state index contributed by atoms with van der Waals surface area (Å²) in [4.78, 5) is 4.89. The predicted octanol–water partition coefficient (Wildman–Crippen LogP) is 17.8. The van der Waals surface area contributed by atoms with Crippen molar-refractivity contribution in [3.63, 3.8) is 0 Å². The van der Waals surface area contributed by atoms with Gasteiger partial charge in [0.15, 0.2) is 0 Å². The minimum atomic E-state index is 1.13. The summed E-state index contributed by atoms with van der Waals surface area (Å²) in [5.41, 5.74) is 21.7. The number of nitrogens with zero attached hydrogens (tertiary/aromatic N) is 2. The fourth-order valence-electron chi connectivity index (χ4n) is 9.89. The molecule has 0 unspecified atom stereocenters. The number of hydrogen-bond donors (Lipinski definition) is 0. The van der Waals surface area contributed by atoms with Gasteiger partial charge >= 0.3 is 0 Å². The van der Waals surface area contributed by atoms with E-state index in [-0.39, 0.29) is 0 Å². The number of para-hydroxylation sites is 2. The van der Waals surface area contributed by atoms with Gasteiger partial charge in [0.25, 0.3) is 0 Å². The zero-order valence-corrected chi connectivity index (χ0v) is 37.5. The molecule has 0 aromatic heterocycles. The molecule has 2 heteroatoms. The second-order valence-corrected chi connectivity index (χ2v) is 17.3. The second kappa shape index (κ2) is 16.9. The molecule has 0 heterocycles. The van der Waals surface area contributed by atoms with Crippen molar-refractivity contribution in [2.75, 3.05) is 9.80 Å². The maximum Gasteiger partial charge on any atom is 0.0520 e. The molecule has 0 N–H and O–H groups in total. The first kappa shape index (κ1) is 40.4. The summed E-state index contributed by atoms with van der Waals surface area (Å²) in [6, 6.07) is 75.5. The zero-order valence-electron chi connectivity index (χ0n) is 37.5. The van der Waals surface area contributed by atoms with E-state index in [2.05, 4.69) is 258 Å². The van der Waals surface area contributed by atoms with Gasteiger partial charge in [-0.05, 0) is 191 Å². The van der Waals surface area contributed by atoms with Crippen molar-refractivity contribution in [1.29, 1.82) is 0 Å². The van der Waals surface area contributed by atoms with E-state index < -0.39 is 0 Å². The van der Waals surface area contributed by atoms with Gasteiger partial charge in [0.2, 0.25) is 0 Å². The highest BCUT2D eigenvalue weighted by Crippen LogP contribution is 2.45. The summed E-state index contributed by atoms with van der Waals surface area (Å²) in [5.74, 6) is 0.